The fraction of sp³-hybridized carbons (Fsp3) is 0.952. The van der Waals surface area contributed by atoms with Crippen LogP contribution >= 0.6 is 0 Å². The van der Waals surface area contributed by atoms with Crippen molar-refractivity contribution in [2.75, 3.05) is 13.2 Å². The van der Waals surface area contributed by atoms with Crippen molar-refractivity contribution in [2.24, 2.45) is 45.3 Å². The van der Waals surface area contributed by atoms with Crippen LogP contribution in [-0.2, 0) is 18.9 Å². The van der Waals surface area contributed by atoms with Gasteiger partial charge in [0.05, 0.1) is 31.0 Å². The predicted octanol–water partition coefficient (Wildman–Crippen LogP) is 0.0906. The Kier molecular flexibility index (Phi) is 12.9. The van der Waals surface area contributed by atoms with Crippen molar-refractivity contribution >= 4 is 0 Å². The number of hydrogen-bond acceptors (Lipinski definition) is 15. The molecule has 21 atom stereocenters. The zero-order valence-corrected chi connectivity index (χ0v) is 34.9. The number of aliphatic hydroxyl groups excluding tert-OH is 10. The maximum atomic E-state index is 11.4. The number of rotatable bonds is 11. The van der Waals surface area contributed by atoms with E-state index in [0.29, 0.717) is 12.3 Å². The second kappa shape index (κ2) is 16.1. The lowest BCUT2D eigenvalue weighted by atomic mass is 9.39. The molecule has 11 N–H and O–H groups in total. The second-order valence-corrected chi connectivity index (χ2v) is 20.4. The Morgan fingerprint density at radius 3 is 1.96 bits per heavy atom. The van der Waals surface area contributed by atoms with Gasteiger partial charge in [0.2, 0.25) is 0 Å². The molecule has 0 aromatic heterocycles. The van der Waals surface area contributed by atoms with Gasteiger partial charge in [-0.3, -0.25) is 0 Å². The minimum absolute atomic E-state index is 0.0258. The quantitative estimate of drug-likeness (QED) is 0.124. The molecule has 5 fully saturated rings. The Hall–Kier alpha value is -0.860. The maximum Gasteiger partial charge on any atom is 0.187 e. The molecule has 0 radical (unpaired) electrons. The molecule has 0 amide bonds. The van der Waals surface area contributed by atoms with Crippen molar-refractivity contribution in [3.8, 4) is 0 Å². The topological polar surface area (TPSA) is 259 Å². The summed E-state index contributed by atoms with van der Waals surface area (Å²) in [5, 5.41) is 116. The molecule has 0 bridgehead atoms. The molecule has 330 valence electrons. The predicted molar refractivity (Wildman–Crippen MR) is 204 cm³/mol. The SMILES string of the molecule is C[C@@H](C(O)[C@H](O)[C@@H](O)C(C)(C)O)[C@H]1CC[C@]2(C)[C@@H]3CC=C4[C@H](CC[C@H](O[C@@H]5OC(CO[C@@H]6OC(CO)[C@H](O)C(O)C6O)[C@H](O)C(O)C5O)C4(C)C)[C@]3(C)CC[C@]12C. The molecule has 2 heterocycles. The van der Waals surface area contributed by atoms with Gasteiger partial charge in [0.15, 0.2) is 12.6 Å². The molecule has 57 heavy (non-hydrogen) atoms. The normalized spacial score (nSPS) is 49.5. The van der Waals surface area contributed by atoms with Gasteiger partial charge in [-0.05, 0) is 98.7 Å². The lowest BCUT2D eigenvalue weighted by Crippen LogP contribution is -2.63. The summed E-state index contributed by atoms with van der Waals surface area (Å²) >= 11 is 0. The van der Waals surface area contributed by atoms with E-state index in [-0.39, 0.29) is 34.0 Å². The second-order valence-electron chi connectivity index (χ2n) is 20.4. The van der Waals surface area contributed by atoms with Crippen LogP contribution in [0.4, 0.5) is 0 Å². The van der Waals surface area contributed by atoms with Crippen LogP contribution in [0.2, 0.25) is 0 Å². The van der Waals surface area contributed by atoms with Gasteiger partial charge in [0, 0.05) is 5.41 Å². The summed E-state index contributed by atoms with van der Waals surface area (Å²) in [6.45, 7) is 15.2. The van der Waals surface area contributed by atoms with Crippen LogP contribution in [0.5, 0.6) is 0 Å². The summed E-state index contributed by atoms with van der Waals surface area (Å²) in [5.41, 5.74) is -0.959. The molecule has 6 rings (SSSR count). The zero-order chi connectivity index (χ0) is 42.4. The van der Waals surface area contributed by atoms with Crippen molar-refractivity contribution in [1.82, 2.24) is 0 Å². The molecule has 4 aliphatic carbocycles. The number of fused-ring (bicyclic) bond motifs is 5. The van der Waals surface area contributed by atoms with Gasteiger partial charge < -0.3 is 75.1 Å². The largest absolute Gasteiger partial charge is 0.394 e. The van der Waals surface area contributed by atoms with Gasteiger partial charge in [-0.2, -0.15) is 0 Å². The molecular formula is C42H72O15. The highest BCUT2D eigenvalue weighted by molar-refractivity contribution is 5.30. The first-order valence-electron chi connectivity index (χ1n) is 21.1. The number of aliphatic hydroxyl groups is 11. The highest BCUT2D eigenvalue weighted by Gasteiger charge is 2.68. The van der Waals surface area contributed by atoms with Gasteiger partial charge in [-0.1, -0.05) is 53.2 Å². The summed E-state index contributed by atoms with van der Waals surface area (Å²) in [4.78, 5) is 0. The van der Waals surface area contributed by atoms with E-state index in [0.717, 1.165) is 38.5 Å². The van der Waals surface area contributed by atoms with Gasteiger partial charge in [-0.15, -0.1) is 0 Å². The van der Waals surface area contributed by atoms with Gasteiger partial charge in [0.25, 0.3) is 0 Å². The average molecular weight is 817 g/mol. The molecule has 3 saturated carbocycles. The van der Waals surface area contributed by atoms with Crippen molar-refractivity contribution in [3.05, 3.63) is 11.6 Å². The fourth-order valence-corrected chi connectivity index (χ4v) is 12.7. The van der Waals surface area contributed by atoms with Gasteiger partial charge in [-0.25, -0.2) is 0 Å². The molecule has 7 unspecified atom stereocenters. The molecule has 15 nitrogen and oxygen atoms in total. The van der Waals surface area contributed by atoms with Crippen LogP contribution in [0.1, 0.15) is 100 Å². The van der Waals surface area contributed by atoms with E-state index in [9.17, 15) is 56.2 Å². The van der Waals surface area contributed by atoms with Crippen molar-refractivity contribution in [3.63, 3.8) is 0 Å². The van der Waals surface area contributed by atoms with E-state index < -0.39 is 110 Å². The van der Waals surface area contributed by atoms with Gasteiger partial charge >= 0.3 is 0 Å². The lowest BCUT2D eigenvalue weighted by molar-refractivity contribution is -0.340. The highest BCUT2D eigenvalue weighted by Crippen LogP contribution is 2.75. The number of ether oxygens (including phenoxy) is 4. The molecule has 6 aliphatic rings. The van der Waals surface area contributed by atoms with E-state index in [1.54, 1.807) is 0 Å². The highest BCUT2D eigenvalue weighted by atomic mass is 16.7. The maximum absolute atomic E-state index is 11.4. The zero-order valence-electron chi connectivity index (χ0n) is 34.9. The number of hydrogen-bond donors (Lipinski definition) is 11. The Morgan fingerprint density at radius 1 is 0.754 bits per heavy atom. The lowest BCUT2D eigenvalue weighted by Gasteiger charge is -2.66. The van der Waals surface area contributed by atoms with Crippen LogP contribution in [0, 0.1) is 45.3 Å². The summed E-state index contributed by atoms with van der Waals surface area (Å²) in [5.74, 6) is 0.434. The van der Waals surface area contributed by atoms with Gasteiger partial charge in [0.1, 0.15) is 61.0 Å². The average Bonchev–Trinajstić information content (AvgIpc) is 3.43. The Morgan fingerprint density at radius 2 is 1.35 bits per heavy atom. The van der Waals surface area contributed by atoms with Crippen LogP contribution < -0.4 is 0 Å². The minimum Gasteiger partial charge on any atom is -0.394 e. The van der Waals surface area contributed by atoms with Crippen LogP contribution in [0.25, 0.3) is 0 Å². The molecule has 15 heteroatoms. The molecular weight excluding hydrogens is 744 g/mol. The fourth-order valence-electron chi connectivity index (χ4n) is 12.7. The first-order chi connectivity index (χ1) is 26.4. The van der Waals surface area contributed by atoms with E-state index in [2.05, 4.69) is 40.7 Å². The van der Waals surface area contributed by atoms with Crippen LogP contribution in [0.3, 0.4) is 0 Å². The Bertz CT molecular complexity index is 1440. The first kappa shape index (κ1) is 45.7. The third-order valence-corrected chi connectivity index (χ3v) is 16.7. The molecule has 0 aromatic rings. The standard InChI is InChI=1S/C42H72O15/c1-19(27(44)32(49)35(52)39(4,5)53)20-13-14-42(8)25-11-9-21-22(40(25,6)15-16-41(20,42)7)10-12-26(38(21,2)3)57-37-34(51)31(48)29(46)24(56-37)18-54-36-33(50)30(47)28(45)23(17-43)55-36/h9,19-20,22-37,43-53H,10-18H2,1-8H3/t19-,20-,22+,23?,24?,25-,26+,27?,28+,29+,30?,31?,32+,33?,34?,35-,36-,37+,40+,41-,42-/m1/s1. The van der Waals surface area contributed by atoms with E-state index in [1.165, 1.54) is 19.4 Å². The first-order valence-corrected chi connectivity index (χ1v) is 21.1. The third kappa shape index (κ3) is 7.49. The van der Waals surface area contributed by atoms with Crippen LogP contribution in [-0.4, -0.2) is 161 Å². The summed E-state index contributed by atoms with van der Waals surface area (Å²) in [6.07, 6.45) is -11.0. The molecule has 2 aliphatic heterocycles. The minimum atomic E-state index is -1.67. The summed E-state index contributed by atoms with van der Waals surface area (Å²) < 4.78 is 23.6. The van der Waals surface area contributed by atoms with Crippen LogP contribution in [0.15, 0.2) is 11.6 Å². The molecule has 2 saturated heterocycles. The molecule has 0 spiro atoms. The monoisotopic (exact) mass is 816 g/mol. The van der Waals surface area contributed by atoms with Crippen molar-refractivity contribution in [1.29, 1.82) is 0 Å². The Balaban J connectivity index is 1.15. The van der Waals surface area contributed by atoms with E-state index in [4.69, 9.17) is 18.9 Å². The Labute approximate surface area is 336 Å². The van der Waals surface area contributed by atoms with E-state index >= 15 is 0 Å². The van der Waals surface area contributed by atoms with Crippen molar-refractivity contribution < 1.29 is 75.1 Å². The van der Waals surface area contributed by atoms with Crippen molar-refractivity contribution in [2.45, 2.75) is 192 Å². The van der Waals surface area contributed by atoms with E-state index in [1.807, 2.05) is 6.92 Å². The third-order valence-electron chi connectivity index (χ3n) is 16.7. The summed E-state index contributed by atoms with van der Waals surface area (Å²) in [7, 11) is 0. The smallest absolute Gasteiger partial charge is 0.187 e. The molecule has 0 aromatic carbocycles. The number of allylic oxidation sites excluding steroid dienone is 1. The summed E-state index contributed by atoms with van der Waals surface area (Å²) in [6, 6.07) is 0.